The van der Waals surface area contributed by atoms with E-state index in [1.54, 1.807) is 13.2 Å². The maximum Gasteiger partial charge on any atom is 0.260 e. The normalized spacial score (nSPS) is 13.9. The van der Waals surface area contributed by atoms with Crippen LogP contribution in [0.2, 0.25) is 0 Å². The van der Waals surface area contributed by atoms with Crippen LogP contribution in [-0.4, -0.2) is 65.2 Å². The number of nitrogens with zero attached hydrogens (tertiary/aromatic N) is 5. The lowest BCUT2D eigenvalue weighted by molar-refractivity contribution is -0.133. The van der Waals surface area contributed by atoms with Crippen molar-refractivity contribution >= 4 is 11.7 Å². The molecule has 1 aliphatic rings. The van der Waals surface area contributed by atoms with Crippen LogP contribution in [0, 0.1) is 6.92 Å². The summed E-state index contributed by atoms with van der Waals surface area (Å²) in [5, 5.41) is 0. The molecule has 0 unspecified atom stereocenters. The number of aromatic nitrogens is 3. The van der Waals surface area contributed by atoms with E-state index in [9.17, 15) is 4.79 Å². The molecule has 0 bridgehead atoms. The largest absolute Gasteiger partial charge is 0.497 e. The highest BCUT2D eigenvalue weighted by atomic mass is 16.5. The van der Waals surface area contributed by atoms with Crippen LogP contribution in [0.25, 0.3) is 5.82 Å². The van der Waals surface area contributed by atoms with E-state index in [0.717, 1.165) is 17.5 Å². The van der Waals surface area contributed by atoms with Crippen LogP contribution in [0.1, 0.15) is 5.82 Å². The summed E-state index contributed by atoms with van der Waals surface area (Å²) in [6.45, 7) is 4.59. The fraction of sp³-hybridized carbons (Fsp3) is 0.318. The monoisotopic (exact) mass is 407 g/mol. The van der Waals surface area contributed by atoms with E-state index in [2.05, 4.69) is 14.9 Å². The minimum absolute atomic E-state index is 0.0115. The molecule has 0 spiro atoms. The average molecular weight is 407 g/mol. The maximum atomic E-state index is 12.6. The summed E-state index contributed by atoms with van der Waals surface area (Å²) in [4.78, 5) is 25.7. The predicted octanol–water partition coefficient (Wildman–Crippen LogP) is 2.31. The Labute approximate surface area is 175 Å². The number of hydrogen-bond acceptors (Lipinski definition) is 6. The molecule has 30 heavy (non-hydrogen) atoms. The first-order valence-electron chi connectivity index (χ1n) is 9.91. The molecule has 1 fully saturated rings. The van der Waals surface area contributed by atoms with Crippen LogP contribution >= 0.6 is 0 Å². The highest BCUT2D eigenvalue weighted by molar-refractivity contribution is 5.78. The number of aryl methyl sites for hydroxylation is 1. The van der Waals surface area contributed by atoms with Gasteiger partial charge in [-0.2, -0.15) is 0 Å². The number of ether oxygens (including phenoxy) is 2. The van der Waals surface area contributed by atoms with E-state index in [1.807, 2.05) is 65.2 Å². The zero-order valence-corrected chi connectivity index (χ0v) is 17.2. The molecule has 2 aromatic heterocycles. The van der Waals surface area contributed by atoms with Crippen molar-refractivity contribution in [3.63, 3.8) is 0 Å². The van der Waals surface area contributed by atoms with E-state index in [4.69, 9.17) is 9.47 Å². The topological polar surface area (TPSA) is 72.7 Å². The van der Waals surface area contributed by atoms with Gasteiger partial charge in [0.15, 0.2) is 6.61 Å². The highest BCUT2D eigenvalue weighted by Crippen LogP contribution is 2.20. The molecular weight excluding hydrogens is 382 g/mol. The number of amides is 1. The third-order valence-corrected chi connectivity index (χ3v) is 5.04. The number of rotatable bonds is 6. The zero-order valence-electron chi connectivity index (χ0n) is 17.2. The fourth-order valence-electron chi connectivity index (χ4n) is 3.43. The van der Waals surface area contributed by atoms with Crippen LogP contribution in [0.5, 0.6) is 11.5 Å². The van der Waals surface area contributed by atoms with Gasteiger partial charge in [-0.15, -0.1) is 0 Å². The molecule has 0 saturated carbocycles. The van der Waals surface area contributed by atoms with Gasteiger partial charge in [0.2, 0.25) is 0 Å². The van der Waals surface area contributed by atoms with Crippen LogP contribution < -0.4 is 14.4 Å². The minimum Gasteiger partial charge on any atom is -0.497 e. The lowest BCUT2D eigenvalue weighted by Crippen LogP contribution is -2.50. The van der Waals surface area contributed by atoms with Crippen LogP contribution in [0.15, 0.2) is 54.9 Å². The van der Waals surface area contributed by atoms with Crippen molar-refractivity contribution in [2.75, 3.05) is 44.8 Å². The number of carbonyl (C=O) groups is 1. The smallest absolute Gasteiger partial charge is 0.260 e. The van der Waals surface area contributed by atoms with Gasteiger partial charge in [0.1, 0.15) is 29.0 Å². The molecule has 156 valence electrons. The summed E-state index contributed by atoms with van der Waals surface area (Å²) in [6.07, 6.45) is 3.93. The molecular formula is C22H25N5O3. The van der Waals surface area contributed by atoms with Gasteiger partial charge in [0.05, 0.1) is 7.11 Å². The second kappa shape index (κ2) is 8.86. The first kappa shape index (κ1) is 19.8. The van der Waals surface area contributed by atoms with Gasteiger partial charge < -0.3 is 23.8 Å². The second-order valence-electron chi connectivity index (χ2n) is 7.06. The van der Waals surface area contributed by atoms with E-state index in [1.165, 1.54) is 0 Å². The summed E-state index contributed by atoms with van der Waals surface area (Å²) in [7, 11) is 1.60. The van der Waals surface area contributed by atoms with Crippen LogP contribution in [0.3, 0.4) is 0 Å². The fourth-order valence-corrected chi connectivity index (χ4v) is 3.43. The molecule has 3 heterocycles. The summed E-state index contributed by atoms with van der Waals surface area (Å²) in [5.74, 6) is 3.74. The Bertz CT molecular complexity index is 998. The number of benzene rings is 1. The van der Waals surface area contributed by atoms with Crippen molar-refractivity contribution in [3.8, 4) is 17.3 Å². The number of carbonyl (C=O) groups excluding carboxylic acids is 1. The van der Waals surface area contributed by atoms with Gasteiger partial charge >= 0.3 is 0 Å². The molecule has 8 nitrogen and oxygen atoms in total. The molecule has 1 aromatic carbocycles. The van der Waals surface area contributed by atoms with Gasteiger partial charge in [-0.25, -0.2) is 9.97 Å². The Hall–Kier alpha value is -3.55. The molecule has 0 atom stereocenters. The summed E-state index contributed by atoms with van der Waals surface area (Å²) in [5.41, 5.74) is 0. The molecule has 1 amide bonds. The first-order chi connectivity index (χ1) is 14.6. The molecule has 8 heteroatoms. The first-order valence-corrected chi connectivity index (χ1v) is 9.91. The third kappa shape index (κ3) is 4.53. The standard InChI is InChI=1S/C22H25N5O3/c1-17-23-20(25-8-3-4-9-25)15-21(24-17)26-10-12-27(13-11-26)22(28)16-30-19-7-5-6-18(14-19)29-2/h3-9,14-15H,10-13,16H2,1-2H3. The predicted molar refractivity (Wildman–Crippen MR) is 113 cm³/mol. The van der Waals surface area contributed by atoms with E-state index in [0.29, 0.717) is 37.7 Å². The number of piperazine rings is 1. The van der Waals surface area contributed by atoms with Crippen LogP contribution in [0.4, 0.5) is 5.82 Å². The quantitative estimate of drug-likeness (QED) is 0.624. The molecule has 0 aliphatic carbocycles. The van der Waals surface area contributed by atoms with Crippen molar-refractivity contribution in [1.29, 1.82) is 0 Å². The van der Waals surface area contributed by atoms with Gasteiger partial charge in [-0.3, -0.25) is 4.79 Å². The van der Waals surface area contributed by atoms with Crippen molar-refractivity contribution in [3.05, 3.63) is 60.7 Å². The zero-order chi connectivity index (χ0) is 20.9. The molecule has 0 radical (unpaired) electrons. The summed E-state index contributed by atoms with van der Waals surface area (Å²) < 4.78 is 12.8. The molecule has 0 N–H and O–H groups in total. The molecule has 3 aromatic rings. The Morgan fingerprint density at radius 1 is 0.967 bits per heavy atom. The van der Waals surface area contributed by atoms with E-state index < -0.39 is 0 Å². The van der Waals surface area contributed by atoms with Gasteiger partial charge in [-0.05, 0) is 31.2 Å². The summed E-state index contributed by atoms with van der Waals surface area (Å²) >= 11 is 0. The molecule has 1 aliphatic heterocycles. The van der Waals surface area contributed by atoms with Crippen molar-refractivity contribution < 1.29 is 14.3 Å². The lowest BCUT2D eigenvalue weighted by Gasteiger charge is -2.35. The molecule has 1 saturated heterocycles. The SMILES string of the molecule is COc1cccc(OCC(=O)N2CCN(c3cc(-n4cccc4)nc(C)n3)CC2)c1. The Morgan fingerprint density at radius 2 is 1.67 bits per heavy atom. The summed E-state index contributed by atoms with van der Waals surface area (Å²) in [6, 6.07) is 13.2. The van der Waals surface area contributed by atoms with Gasteiger partial charge in [-0.1, -0.05) is 6.07 Å². The highest BCUT2D eigenvalue weighted by Gasteiger charge is 2.23. The number of hydrogen-bond donors (Lipinski definition) is 0. The third-order valence-electron chi connectivity index (χ3n) is 5.04. The van der Waals surface area contributed by atoms with Crippen molar-refractivity contribution in [2.24, 2.45) is 0 Å². The lowest BCUT2D eigenvalue weighted by atomic mass is 10.3. The Morgan fingerprint density at radius 3 is 2.40 bits per heavy atom. The maximum absolute atomic E-state index is 12.6. The Balaban J connectivity index is 1.34. The van der Waals surface area contributed by atoms with Gasteiger partial charge in [0.25, 0.3) is 5.91 Å². The minimum atomic E-state index is -0.0237. The van der Waals surface area contributed by atoms with E-state index >= 15 is 0 Å². The number of methoxy groups -OCH3 is 1. The number of anilines is 1. The van der Waals surface area contributed by atoms with Gasteiger partial charge in [0, 0.05) is 50.7 Å². The molecule has 4 rings (SSSR count). The van der Waals surface area contributed by atoms with Crippen molar-refractivity contribution in [1.82, 2.24) is 19.4 Å². The van der Waals surface area contributed by atoms with Crippen LogP contribution in [-0.2, 0) is 4.79 Å². The Kier molecular flexibility index (Phi) is 5.83. The van der Waals surface area contributed by atoms with E-state index in [-0.39, 0.29) is 12.5 Å². The second-order valence-corrected chi connectivity index (χ2v) is 7.06. The van der Waals surface area contributed by atoms with Crippen molar-refractivity contribution in [2.45, 2.75) is 6.92 Å². The average Bonchev–Trinajstić information content (AvgIpc) is 3.32.